The number of ether oxygens (including phenoxy) is 1. The zero-order chi connectivity index (χ0) is 16.3. The fraction of sp³-hybridized carbons (Fsp3) is 0.133. The maximum Gasteiger partial charge on any atom is 0.312 e. The molecule has 0 aliphatic rings. The number of hydrogen-bond donors (Lipinski definition) is 1. The number of phenols is 1. The molecule has 1 N–H and O–H groups in total. The van der Waals surface area contributed by atoms with Gasteiger partial charge in [0.2, 0.25) is 5.75 Å². The third kappa shape index (κ3) is 3.35. The van der Waals surface area contributed by atoms with Crippen molar-refractivity contribution in [1.29, 1.82) is 0 Å². The van der Waals surface area contributed by atoms with Crippen LogP contribution in [-0.4, -0.2) is 22.9 Å². The zero-order valence-electron chi connectivity index (χ0n) is 11.9. The topological polar surface area (TPSA) is 85.0 Å². The Balaban J connectivity index is 2.50. The summed E-state index contributed by atoms with van der Waals surface area (Å²) < 4.78 is 5.11. The van der Waals surface area contributed by atoms with E-state index in [9.17, 15) is 15.2 Å². The van der Waals surface area contributed by atoms with E-state index in [2.05, 4.69) is 4.99 Å². The van der Waals surface area contributed by atoms with E-state index in [0.29, 0.717) is 17.1 Å². The highest BCUT2D eigenvalue weighted by atomic mass is 35.5. The van der Waals surface area contributed by atoms with Gasteiger partial charge in [0.1, 0.15) is 5.75 Å². The second kappa shape index (κ2) is 6.44. The molecule has 2 rings (SSSR count). The molecule has 114 valence electrons. The third-order valence-corrected chi connectivity index (χ3v) is 3.21. The Bertz CT molecular complexity index is 759. The van der Waals surface area contributed by atoms with Crippen molar-refractivity contribution >= 4 is 28.7 Å². The highest BCUT2D eigenvalue weighted by Crippen LogP contribution is 2.34. The first-order valence-corrected chi connectivity index (χ1v) is 6.66. The molecule has 0 fully saturated rings. The molecule has 0 heterocycles. The minimum Gasteiger partial charge on any atom is -0.502 e. The molecule has 0 bridgehead atoms. The number of benzene rings is 2. The highest BCUT2D eigenvalue weighted by molar-refractivity contribution is 6.31. The van der Waals surface area contributed by atoms with Crippen molar-refractivity contribution in [2.45, 2.75) is 6.92 Å². The van der Waals surface area contributed by atoms with Gasteiger partial charge in [-0.1, -0.05) is 17.7 Å². The summed E-state index contributed by atoms with van der Waals surface area (Å²) in [6.07, 6.45) is 0. The van der Waals surface area contributed by atoms with E-state index in [0.717, 1.165) is 6.07 Å². The third-order valence-electron chi connectivity index (χ3n) is 2.99. The summed E-state index contributed by atoms with van der Waals surface area (Å²) >= 11 is 5.87. The molecule has 0 unspecified atom stereocenters. The molecule has 0 saturated heterocycles. The summed E-state index contributed by atoms with van der Waals surface area (Å²) in [4.78, 5) is 14.6. The van der Waals surface area contributed by atoms with Gasteiger partial charge in [0.25, 0.3) is 0 Å². The van der Waals surface area contributed by atoms with Crippen LogP contribution in [0.2, 0.25) is 5.02 Å². The van der Waals surface area contributed by atoms with Crippen LogP contribution in [-0.2, 0) is 0 Å². The van der Waals surface area contributed by atoms with E-state index in [-0.39, 0.29) is 10.6 Å². The summed E-state index contributed by atoms with van der Waals surface area (Å²) in [6.45, 7) is 1.63. The van der Waals surface area contributed by atoms with Gasteiger partial charge < -0.3 is 9.84 Å². The van der Waals surface area contributed by atoms with Crippen LogP contribution in [0.4, 0.5) is 11.4 Å². The lowest BCUT2D eigenvalue weighted by Crippen LogP contribution is -1.98. The Morgan fingerprint density at radius 1 is 1.36 bits per heavy atom. The monoisotopic (exact) mass is 320 g/mol. The number of halogens is 1. The van der Waals surface area contributed by atoms with Gasteiger partial charge >= 0.3 is 5.69 Å². The van der Waals surface area contributed by atoms with Crippen molar-refractivity contribution in [1.82, 2.24) is 0 Å². The van der Waals surface area contributed by atoms with Gasteiger partial charge in [-0.3, -0.25) is 15.1 Å². The van der Waals surface area contributed by atoms with Crippen LogP contribution >= 0.6 is 11.6 Å². The molecule has 2 aromatic rings. The second-order valence-electron chi connectivity index (χ2n) is 4.48. The van der Waals surface area contributed by atoms with Crippen LogP contribution in [0, 0.1) is 10.1 Å². The lowest BCUT2D eigenvalue weighted by Gasteiger charge is -2.07. The molecule has 0 aliphatic heterocycles. The number of nitro benzene ring substituents is 1. The van der Waals surface area contributed by atoms with Crippen molar-refractivity contribution < 1.29 is 14.8 Å². The number of phenolic OH excluding ortho intramolecular Hbond substituents is 1. The van der Waals surface area contributed by atoms with Crippen molar-refractivity contribution in [3.05, 3.63) is 57.1 Å². The van der Waals surface area contributed by atoms with Crippen LogP contribution in [0.5, 0.6) is 11.5 Å². The molecular weight excluding hydrogens is 308 g/mol. The summed E-state index contributed by atoms with van der Waals surface area (Å²) in [5.74, 6) is 0.175. The van der Waals surface area contributed by atoms with Gasteiger partial charge in [0.15, 0.2) is 0 Å². The summed E-state index contributed by atoms with van der Waals surface area (Å²) in [5.41, 5.74) is 0.750. The Hall–Kier alpha value is -2.60. The fourth-order valence-corrected chi connectivity index (χ4v) is 2.15. The molecule has 0 radical (unpaired) electrons. The van der Waals surface area contributed by atoms with Crippen molar-refractivity contribution in [3.8, 4) is 11.5 Å². The summed E-state index contributed by atoms with van der Waals surface area (Å²) in [7, 11) is 1.54. The average molecular weight is 321 g/mol. The van der Waals surface area contributed by atoms with Crippen LogP contribution < -0.4 is 4.74 Å². The lowest BCUT2D eigenvalue weighted by molar-refractivity contribution is -0.385. The molecular formula is C15H13ClN2O4. The summed E-state index contributed by atoms with van der Waals surface area (Å²) in [5, 5.41) is 21.1. The fourth-order valence-electron chi connectivity index (χ4n) is 1.93. The molecule has 0 aliphatic carbocycles. The molecule has 0 amide bonds. The first kappa shape index (κ1) is 15.8. The molecule has 22 heavy (non-hydrogen) atoms. The Morgan fingerprint density at radius 3 is 2.73 bits per heavy atom. The molecule has 0 spiro atoms. The molecule has 6 nitrogen and oxygen atoms in total. The van der Waals surface area contributed by atoms with E-state index in [1.54, 1.807) is 38.3 Å². The van der Waals surface area contributed by atoms with Crippen molar-refractivity contribution in [2.75, 3.05) is 7.11 Å². The predicted molar refractivity (Wildman–Crippen MR) is 84.6 cm³/mol. The zero-order valence-corrected chi connectivity index (χ0v) is 12.7. The average Bonchev–Trinajstić information content (AvgIpc) is 2.49. The van der Waals surface area contributed by atoms with Crippen LogP contribution in [0.25, 0.3) is 0 Å². The number of nitro groups is 1. The Labute approximate surface area is 131 Å². The second-order valence-corrected chi connectivity index (χ2v) is 4.91. The highest BCUT2D eigenvalue weighted by Gasteiger charge is 2.20. The SMILES string of the molecule is COc1cccc(N=C(C)c2cc(Cl)cc([N+](=O)[O-])c2O)c1. The number of aliphatic imine (C=N–C) groups is 1. The maximum absolute atomic E-state index is 10.9. The van der Waals surface area contributed by atoms with Crippen LogP contribution in [0.15, 0.2) is 41.4 Å². The van der Waals surface area contributed by atoms with E-state index < -0.39 is 16.4 Å². The first-order chi connectivity index (χ1) is 10.4. The number of aromatic hydroxyl groups is 1. The largest absolute Gasteiger partial charge is 0.502 e. The number of hydrogen-bond acceptors (Lipinski definition) is 5. The smallest absolute Gasteiger partial charge is 0.312 e. The van der Waals surface area contributed by atoms with Gasteiger partial charge in [-0.25, -0.2) is 0 Å². The van der Waals surface area contributed by atoms with E-state index in [4.69, 9.17) is 16.3 Å². The minimum absolute atomic E-state index is 0.152. The molecule has 2 aromatic carbocycles. The van der Waals surface area contributed by atoms with Gasteiger partial charge in [-0.2, -0.15) is 0 Å². The molecule has 0 atom stereocenters. The summed E-state index contributed by atoms with van der Waals surface area (Å²) in [6, 6.07) is 9.53. The minimum atomic E-state index is -0.691. The number of rotatable bonds is 4. The van der Waals surface area contributed by atoms with Crippen LogP contribution in [0.3, 0.4) is 0 Å². The van der Waals surface area contributed by atoms with Gasteiger partial charge in [-0.05, 0) is 25.1 Å². The van der Waals surface area contributed by atoms with Crippen LogP contribution in [0.1, 0.15) is 12.5 Å². The van der Waals surface area contributed by atoms with Gasteiger partial charge in [0, 0.05) is 28.4 Å². The Morgan fingerprint density at radius 2 is 2.09 bits per heavy atom. The quantitative estimate of drug-likeness (QED) is 0.522. The Kier molecular flexibility index (Phi) is 4.62. The number of nitrogens with zero attached hydrogens (tertiary/aromatic N) is 2. The van der Waals surface area contributed by atoms with Gasteiger partial charge in [-0.15, -0.1) is 0 Å². The van der Waals surface area contributed by atoms with E-state index in [1.165, 1.54) is 6.07 Å². The van der Waals surface area contributed by atoms with Crippen molar-refractivity contribution in [2.24, 2.45) is 4.99 Å². The van der Waals surface area contributed by atoms with Crippen molar-refractivity contribution in [3.63, 3.8) is 0 Å². The normalized spacial score (nSPS) is 11.3. The molecule has 0 aromatic heterocycles. The van der Waals surface area contributed by atoms with E-state index in [1.807, 2.05) is 0 Å². The standard InChI is InChI=1S/C15H13ClN2O4/c1-9(17-11-4-3-5-12(8-11)22-2)13-6-10(16)7-14(15(13)19)18(20)21/h3-8,19H,1-2H3. The number of methoxy groups -OCH3 is 1. The molecule has 0 saturated carbocycles. The first-order valence-electron chi connectivity index (χ1n) is 6.29. The van der Waals surface area contributed by atoms with Gasteiger partial charge in [0.05, 0.1) is 17.7 Å². The maximum atomic E-state index is 10.9. The predicted octanol–water partition coefficient (Wildman–Crippen LogP) is 4.10. The lowest BCUT2D eigenvalue weighted by atomic mass is 10.1. The molecule has 7 heteroatoms. The van der Waals surface area contributed by atoms with E-state index >= 15 is 0 Å².